The Bertz CT molecular complexity index is 72.0. The molecule has 0 amide bonds. The Labute approximate surface area is 55.2 Å². The number of rotatable bonds is 0. The molecule has 3 nitrogen and oxygen atoms in total. The minimum atomic E-state index is 0.778. The fourth-order valence-corrected chi connectivity index (χ4v) is 0.440. The molecule has 9 heavy (non-hydrogen) atoms. The van der Waals surface area contributed by atoms with Crippen molar-refractivity contribution >= 4 is 0 Å². The van der Waals surface area contributed by atoms with Crippen molar-refractivity contribution in [3.63, 3.8) is 0 Å². The van der Waals surface area contributed by atoms with Crippen LogP contribution in [-0.2, 0) is 9.47 Å². The molecule has 0 spiro atoms. The van der Waals surface area contributed by atoms with Crippen molar-refractivity contribution in [3.05, 3.63) is 0 Å². The van der Waals surface area contributed by atoms with Crippen LogP contribution < -0.4 is 0 Å². The van der Waals surface area contributed by atoms with E-state index in [9.17, 15) is 0 Å². The summed E-state index contributed by atoms with van der Waals surface area (Å²) in [7, 11) is 0. The molecule has 1 saturated heterocycles. The van der Waals surface area contributed by atoms with E-state index >= 15 is 0 Å². The minimum Gasteiger partial charge on any atom is -0.377 e. The Morgan fingerprint density at radius 2 is 1.33 bits per heavy atom. The lowest BCUT2D eigenvalue weighted by Gasteiger charge is -2.09. The van der Waals surface area contributed by atoms with Crippen molar-refractivity contribution in [2.75, 3.05) is 26.4 Å². The van der Waals surface area contributed by atoms with Gasteiger partial charge in [0.2, 0.25) is 0 Å². The molecule has 0 radical (unpaired) electrons. The summed E-state index contributed by atoms with van der Waals surface area (Å²) < 4.78 is 9.89. The van der Waals surface area contributed by atoms with Crippen LogP contribution in [0.2, 0.25) is 0 Å². The maximum atomic E-state index is 7.32. The van der Waals surface area contributed by atoms with Crippen molar-refractivity contribution in [2.24, 2.45) is 0 Å². The Balaban J connectivity index is 0.000000187. The van der Waals surface area contributed by atoms with Crippen LogP contribution >= 0.6 is 0 Å². The molecule has 0 saturated carbocycles. The Morgan fingerprint density at radius 3 is 1.44 bits per heavy atom. The van der Waals surface area contributed by atoms with Gasteiger partial charge < -0.3 is 9.47 Å². The molecule has 0 aromatic rings. The Morgan fingerprint density at radius 1 is 1.11 bits per heavy atom. The van der Waals surface area contributed by atoms with Crippen LogP contribution in [0.5, 0.6) is 0 Å². The predicted octanol–water partition coefficient (Wildman–Crippen LogP) is 0.563. The highest BCUT2D eigenvalue weighted by Gasteiger charge is 1.94. The fraction of sp³-hybridized carbons (Fsp3) is 0.833. The van der Waals surface area contributed by atoms with Gasteiger partial charge in [-0.3, -0.25) is 0 Å². The average molecular weight is 129 g/mol. The quantitative estimate of drug-likeness (QED) is 0.480. The van der Waals surface area contributed by atoms with E-state index in [0.29, 0.717) is 0 Å². The zero-order valence-electron chi connectivity index (χ0n) is 5.59. The van der Waals surface area contributed by atoms with Gasteiger partial charge in [0.15, 0.2) is 0 Å². The minimum absolute atomic E-state index is 0.778. The Kier molecular flexibility index (Phi) is 6.92. The lowest BCUT2D eigenvalue weighted by Crippen LogP contribution is -2.16. The zero-order valence-corrected chi connectivity index (χ0v) is 5.59. The largest absolute Gasteiger partial charge is 0.377 e. The molecule has 0 unspecified atom stereocenters. The zero-order chi connectivity index (χ0) is 6.95. The van der Waals surface area contributed by atoms with E-state index in [2.05, 4.69) is 0 Å². The molecule has 52 valence electrons. The Hall–Kier alpha value is -0.590. The molecular weight excluding hydrogens is 118 g/mol. The van der Waals surface area contributed by atoms with Crippen molar-refractivity contribution in [3.8, 4) is 6.07 Å². The SMILES string of the molecule is C1COCCO1.CC#N. The van der Waals surface area contributed by atoms with E-state index in [1.54, 1.807) is 6.07 Å². The van der Waals surface area contributed by atoms with E-state index in [4.69, 9.17) is 14.7 Å². The first-order valence-electron chi connectivity index (χ1n) is 2.88. The molecule has 0 atom stereocenters. The van der Waals surface area contributed by atoms with E-state index in [1.165, 1.54) is 6.92 Å². The molecule has 3 heteroatoms. The molecule has 1 fully saturated rings. The van der Waals surface area contributed by atoms with Crippen LogP contribution in [0, 0.1) is 11.3 Å². The third kappa shape index (κ3) is 7.41. The lowest BCUT2D eigenvalue weighted by molar-refractivity contribution is -0.0334. The summed E-state index contributed by atoms with van der Waals surface area (Å²) >= 11 is 0. The topological polar surface area (TPSA) is 42.2 Å². The second-order valence-electron chi connectivity index (χ2n) is 1.45. The van der Waals surface area contributed by atoms with Gasteiger partial charge >= 0.3 is 0 Å². The predicted molar refractivity (Wildman–Crippen MR) is 32.9 cm³/mol. The molecule has 1 heterocycles. The van der Waals surface area contributed by atoms with Crippen molar-refractivity contribution in [1.82, 2.24) is 0 Å². The number of nitrogens with zero attached hydrogens (tertiary/aromatic N) is 1. The molecule has 1 aliphatic rings. The number of hydrogen-bond donors (Lipinski definition) is 0. The average Bonchev–Trinajstić information content (AvgIpc) is 1.93. The summed E-state index contributed by atoms with van der Waals surface area (Å²) in [5.74, 6) is 0. The molecular formula is C6H11NO2. The van der Waals surface area contributed by atoms with Gasteiger partial charge in [-0.1, -0.05) is 0 Å². The van der Waals surface area contributed by atoms with Crippen LogP contribution in [-0.4, -0.2) is 26.4 Å². The van der Waals surface area contributed by atoms with E-state index in [1.807, 2.05) is 0 Å². The van der Waals surface area contributed by atoms with Gasteiger partial charge in [-0.15, -0.1) is 0 Å². The molecule has 0 N–H and O–H groups in total. The van der Waals surface area contributed by atoms with Crippen LogP contribution in [0.4, 0.5) is 0 Å². The normalized spacial score (nSPS) is 16.9. The maximum Gasteiger partial charge on any atom is 0.0701 e. The van der Waals surface area contributed by atoms with Crippen molar-refractivity contribution in [1.29, 1.82) is 5.26 Å². The van der Waals surface area contributed by atoms with Crippen LogP contribution in [0.3, 0.4) is 0 Å². The standard InChI is InChI=1S/C4H8O2.C2H3N/c1-2-6-4-3-5-1;1-2-3/h1-4H2;1H3. The van der Waals surface area contributed by atoms with Gasteiger partial charge in [0, 0.05) is 6.92 Å². The first-order valence-corrected chi connectivity index (χ1v) is 2.88. The van der Waals surface area contributed by atoms with E-state index in [-0.39, 0.29) is 0 Å². The highest BCUT2D eigenvalue weighted by atomic mass is 16.6. The number of nitriles is 1. The second kappa shape index (κ2) is 7.41. The molecule has 0 bridgehead atoms. The van der Waals surface area contributed by atoms with Crippen LogP contribution in [0.15, 0.2) is 0 Å². The van der Waals surface area contributed by atoms with Gasteiger partial charge in [-0.2, -0.15) is 5.26 Å². The molecule has 0 aromatic carbocycles. The van der Waals surface area contributed by atoms with Gasteiger partial charge in [0.1, 0.15) is 0 Å². The summed E-state index contributed by atoms with van der Waals surface area (Å²) in [6.07, 6.45) is 0. The fourth-order valence-electron chi connectivity index (χ4n) is 0.440. The number of ether oxygens (including phenoxy) is 2. The summed E-state index contributed by atoms with van der Waals surface area (Å²) in [4.78, 5) is 0. The second-order valence-corrected chi connectivity index (χ2v) is 1.45. The monoisotopic (exact) mass is 129 g/mol. The summed E-state index contributed by atoms with van der Waals surface area (Å²) in [6.45, 7) is 4.54. The van der Waals surface area contributed by atoms with E-state index in [0.717, 1.165) is 26.4 Å². The highest BCUT2D eigenvalue weighted by Crippen LogP contribution is 1.85. The number of hydrogen-bond acceptors (Lipinski definition) is 3. The lowest BCUT2D eigenvalue weighted by atomic mass is 10.6. The van der Waals surface area contributed by atoms with Crippen molar-refractivity contribution in [2.45, 2.75) is 6.92 Å². The molecule has 0 aliphatic carbocycles. The van der Waals surface area contributed by atoms with Crippen LogP contribution in [0.25, 0.3) is 0 Å². The van der Waals surface area contributed by atoms with Gasteiger partial charge in [0.05, 0.1) is 32.5 Å². The first kappa shape index (κ1) is 8.41. The molecule has 1 rings (SSSR count). The summed E-state index contributed by atoms with van der Waals surface area (Å²) in [6, 6.07) is 1.75. The third-order valence-electron chi connectivity index (χ3n) is 0.744. The van der Waals surface area contributed by atoms with Crippen LogP contribution in [0.1, 0.15) is 6.92 Å². The van der Waals surface area contributed by atoms with Gasteiger partial charge in [-0.05, 0) is 0 Å². The molecule has 1 aliphatic heterocycles. The van der Waals surface area contributed by atoms with E-state index < -0.39 is 0 Å². The summed E-state index contributed by atoms with van der Waals surface area (Å²) in [5, 5.41) is 7.32. The van der Waals surface area contributed by atoms with Gasteiger partial charge in [-0.25, -0.2) is 0 Å². The highest BCUT2D eigenvalue weighted by molar-refractivity contribution is 4.51. The van der Waals surface area contributed by atoms with Crippen molar-refractivity contribution < 1.29 is 9.47 Å². The third-order valence-corrected chi connectivity index (χ3v) is 0.744. The first-order chi connectivity index (χ1) is 4.41. The molecule has 0 aromatic heterocycles. The maximum absolute atomic E-state index is 7.32. The summed E-state index contributed by atoms with van der Waals surface area (Å²) in [5.41, 5.74) is 0. The smallest absolute Gasteiger partial charge is 0.0701 e. The van der Waals surface area contributed by atoms with Gasteiger partial charge in [0.25, 0.3) is 0 Å².